The minimum atomic E-state index is -1.11. The first-order valence-electron chi connectivity index (χ1n) is 5.31. The van der Waals surface area contributed by atoms with E-state index in [1.165, 1.54) is 0 Å². The minimum Gasteiger partial charge on any atom is -0.385 e. The van der Waals surface area contributed by atoms with E-state index in [1.807, 2.05) is 27.7 Å². The van der Waals surface area contributed by atoms with Crippen LogP contribution in [0, 0.1) is 16.7 Å². The molecule has 1 aliphatic heterocycles. The molecule has 1 saturated heterocycles. The molecule has 3 heteroatoms. The Morgan fingerprint density at radius 2 is 1.73 bits per heavy atom. The molecule has 0 radical (unpaired) electrons. The van der Waals surface area contributed by atoms with E-state index in [-0.39, 0.29) is 5.60 Å². The molecule has 0 bridgehead atoms. The third-order valence-electron chi connectivity index (χ3n) is 3.52. The summed E-state index contributed by atoms with van der Waals surface area (Å²) in [7, 11) is 0. The third-order valence-corrected chi connectivity index (χ3v) is 3.52. The van der Waals surface area contributed by atoms with E-state index in [9.17, 15) is 5.11 Å². The van der Waals surface area contributed by atoms with Gasteiger partial charge in [-0.2, -0.15) is 5.26 Å². The minimum absolute atomic E-state index is 0.383. The van der Waals surface area contributed by atoms with Gasteiger partial charge in [0.1, 0.15) is 5.60 Å². The first-order valence-corrected chi connectivity index (χ1v) is 5.31. The third kappa shape index (κ3) is 1.66. The first-order chi connectivity index (χ1) is 6.47. The molecular formula is C12H21NO2. The average Bonchev–Trinajstić information content (AvgIpc) is 2.16. The van der Waals surface area contributed by atoms with Crippen LogP contribution in [0.4, 0.5) is 0 Å². The van der Waals surface area contributed by atoms with Gasteiger partial charge in [-0.1, -0.05) is 0 Å². The number of aliphatic hydroxyl groups is 1. The summed E-state index contributed by atoms with van der Waals surface area (Å²) in [6.07, 6.45) is 0.480. The summed E-state index contributed by atoms with van der Waals surface area (Å²) in [4.78, 5) is 0. The molecule has 1 aliphatic rings. The van der Waals surface area contributed by atoms with Crippen molar-refractivity contribution < 1.29 is 9.84 Å². The Hall–Kier alpha value is -0.590. The van der Waals surface area contributed by atoms with E-state index in [2.05, 4.69) is 6.07 Å². The molecule has 1 atom stereocenters. The van der Waals surface area contributed by atoms with Gasteiger partial charge in [-0.25, -0.2) is 0 Å². The summed E-state index contributed by atoms with van der Waals surface area (Å²) in [5, 5.41) is 19.9. The summed E-state index contributed by atoms with van der Waals surface area (Å²) in [5.41, 5.74) is -3.01. The topological polar surface area (TPSA) is 53.2 Å². The SMILES string of the molecule is CC1(C)CC(O)(C(C)(C)C#N)C(C)(C)O1. The molecule has 0 spiro atoms. The Kier molecular flexibility index (Phi) is 2.46. The molecule has 86 valence electrons. The van der Waals surface area contributed by atoms with Gasteiger partial charge in [0.15, 0.2) is 0 Å². The second kappa shape index (κ2) is 2.96. The molecule has 0 aromatic heterocycles. The Morgan fingerprint density at radius 3 is 2.00 bits per heavy atom. The van der Waals surface area contributed by atoms with Gasteiger partial charge in [0.2, 0.25) is 0 Å². The lowest BCUT2D eigenvalue weighted by Crippen LogP contribution is -2.56. The number of ether oxygens (including phenoxy) is 1. The quantitative estimate of drug-likeness (QED) is 0.723. The van der Waals surface area contributed by atoms with Crippen molar-refractivity contribution >= 4 is 0 Å². The summed E-state index contributed by atoms with van der Waals surface area (Å²) in [5.74, 6) is 0. The summed E-state index contributed by atoms with van der Waals surface area (Å²) in [6, 6.07) is 2.19. The predicted octanol–water partition coefficient (Wildman–Crippen LogP) is 2.24. The van der Waals surface area contributed by atoms with Crippen LogP contribution >= 0.6 is 0 Å². The lowest BCUT2D eigenvalue weighted by atomic mass is 9.65. The van der Waals surface area contributed by atoms with Gasteiger partial charge in [0, 0.05) is 6.42 Å². The fraction of sp³-hybridized carbons (Fsp3) is 0.917. The van der Waals surface area contributed by atoms with Crippen molar-refractivity contribution in [2.24, 2.45) is 5.41 Å². The summed E-state index contributed by atoms with van der Waals surface area (Å²) >= 11 is 0. The van der Waals surface area contributed by atoms with Gasteiger partial charge in [-0.15, -0.1) is 0 Å². The van der Waals surface area contributed by atoms with Crippen LogP contribution in [-0.4, -0.2) is 21.9 Å². The van der Waals surface area contributed by atoms with Crippen molar-refractivity contribution in [1.29, 1.82) is 5.26 Å². The lowest BCUT2D eigenvalue weighted by Gasteiger charge is -2.42. The van der Waals surface area contributed by atoms with E-state index >= 15 is 0 Å². The Balaban J connectivity index is 3.21. The van der Waals surface area contributed by atoms with E-state index < -0.39 is 16.6 Å². The highest BCUT2D eigenvalue weighted by atomic mass is 16.5. The van der Waals surface area contributed by atoms with Crippen molar-refractivity contribution in [1.82, 2.24) is 0 Å². The van der Waals surface area contributed by atoms with Crippen LogP contribution in [-0.2, 0) is 4.74 Å². The van der Waals surface area contributed by atoms with Gasteiger partial charge in [0.05, 0.1) is 22.7 Å². The van der Waals surface area contributed by atoms with Crippen molar-refractivity contribution in [2.75, 3.05) is 0 Å². The maximum absolute atomic E-state index is 10.7. The maximum Gasteiger partial charge on any atom is 0.114 e. The lowest BCUT2D eigenvalue weighted by molar-refractivity contribution is -0.157. The zero-order valence-electron chi connectivity index (χ0n) is 10.5. The normalized spacial score (nSPS) is 33.7. The fourth-order valence-corrected chi connectivity index (χ4v) is 2.71. The van der Waals surface area contributed by atoms with Gasteiger partial charge in [0.25, 0.3) is 0 Å². The van der Waals surface area contributed by atoms with Crippen LogP contribution in [0.5, 0.6) is 0 Å². The zero-order chi connectivity index (χ0) is 12.1. The molecule has 0 amide bonds. The maximum atomic E-state index is 10.7. The van der Waals surface area contributed by atoms with Crippen LogP contribution in [0.25, 0.3) is 0 Å². The van der Waals surface area contributed by atoms with Crippen molar-refractivity contribution in [2.45, 2.75) is 64.8 Å². The first kappa shape index (κ1) is 12.5. The molecule has 0 aliphatic carbocycles. The molecule has 15 heavy (non-hydrogen) atoms. The van der Waals surface area contributed by atoms with Gasteiger partial charge >= 0.3 is 0 Å². The highest BCUT2D eigenvalue weighted by molar-refractivity contribution is 5.18. The predicted molar refractivity (Wildman–Crippen MR) is 58.2 cm³/mol. The Bertz CT molecular complexity index is 312. The van der Waals surface area contributed by atoms with Crippen LogP contribution in [0.15, 0.2) is 0 Å². The number of hydrogen-bond donors (Lipinski definition) is 1. The van der Waals surface area contributed by atoms with Crippen molar-refractivity contribution in [3.8, 4) is 6.07 Å². The standard InChI is InChI=1S/C12H21NO2/c1-9(2,8-13)12(14)7-10(3,4)15-11(12,5)6/h14H,7H2,1-6H3. The molecule has 3 nitrogen and oxygen atoms in total. The fourth-order valence-electron chi connectivity index (χ4n) is 2.71. The second-order valence-corrected chi connectivity index (χ2v) is 6.15. The van der Waals surface area contributed by atoms with Gasteiger partial charge in [-0.05, 0) is 41.5 Å². The highest BCUT2D eigenvalue weighted by Crippen LogP contribution is 2.53. The number of rotatable bonds is 1. The molecule has 1 rings (SSSR count). The average molecular weight is 211 g/mol. The van der Waals surface area contributed by atoms with Gasteiger partial charge < -0.3 is 9.84 Å². The highest BCUT2D eigenvalue weighted by Gasteiger charge is 2.63. The molecule has 0 saturated carbocycles. The number of nitriles is 1. The van der Waals surface area contributed by atoms with E-state index in [1.54, 1.807) is 13.8 Å². The molecule has 0 aromatic carbocycles. The number of hydrogen-bond acceptors (Lipinski definition) is 3. The molecule has 1 N–H and O–H groups in total. The van der Waals surface area contributed by atoms with E-state index in [0.717, 1.165) is 0 Å². The van der Waals surface area contributed by atoms with E-state index in [0.29, 0.717) is 6.42 Å². The second-order valence-electron chi connectivity index (χ2n) is 6.15. The molecule has 1 fully saturated rings. The Labute approximate surface area is 92.0 Å². The van der Waals surface area contributed by atoms with Crippen molar-refractivity contribution in [3.63, 3.8) is 0 Å². The van der Waals surface area contributed by atoms with Crippen LogP contribution < -0.4 is 0 Å². The van der Waals surface area contributed by atoms with Gasteiger partial charge in [-0.3, -0.25) is 0 Å². The summed E-state index contributed by atoms with van der Waals surface area (Å²) < 4.78 is 5.84. The largest absolute Gasteiger partial charge is 0.385 e. The number of nitrogens with zero attached hydrogens (tertiary/aromatic N) is 1. The van der Waals surface area contributed by atoms with Crippen LogP contribution in [0.2, 0.25) is 0 Å². The van der Waals surface area contributed by atoms with Crippen LogP contribution in [0.3, 0.4) is 0 Å². The smallest absolute Gasteiger partial charge is 0.114 e. The van der Waals surface area contributed by atoms with E-state index in [4.69, 9.17) is 10.00 Å². The van der Waals surface area contributed by atoms with Crippen LogP contribution in [0.1, 0.15) is 48.0 Å². The molecule has 1 unspecified atom stereocenters. The summed E-state index contributed by atoms with van der Waals surface area (Å²) in [6.45, 7) is 11.1. The molecule has 0 aromatic rings. The Morgan fingerprint density at radius 1 is 1.27 bits per heavy atom. The molecule has 1 heterocycles. The van der Waals surface area contributed by atoms with Crippen molar-refractivity contribution in [3.05, 3.63) is 0 Å². The monoisotopic (exact) mass is 211 g/mol. The zero-order valence-corrected chi connectivity index (χ0v) is 10.5. The molecular weight excluding hydrogens is 190 g/mol.